The van der Waals surface area contributed by atoms with Crippen molar-refractivity contribution >= 4 is 16.1 Å². The van der Waals surface area contributed by atoms with Crippen molar-refractivity contribution in [2.24, 2.45) is 0 Å². The van der Waals surface area contributed by atoms with Crippen LogP contribution < -0.4 is 0 Å². The number of nitrogens with zero attached hydrogens (tertiary/aromatic N) is 1. The SMILES string of the molecule is C=C(C)C(=O)OCCN(CC)CC(O)CS(=O)(=O)O. The van der Waals surface area contributed by atoms with Gasteiger partial charge in [0.2, 0.25) is 0 Å². The average Bonchev–Trinajstić information content (AvgIpc) is 2.24. The molecule has 1 unspecified atom stereocenters. The summed E-state index contributed by atoms with van der Waals surface area (Å²) in [6.45, 7) is 7.90. The summed E-state index contributed by atoms with van der Waals surface area (Å²) < 4.78 is 34.7. The van der Waals surface area contributed by atoms with Crippen molar-refractivity contribution in [2.75, 3.05) is 32.0 Å². The molecule has 0 aromatic heterocycles. The van der Waals surface area contributed by atoms with E-state index in [9.17, 15) is 18.3 Å². The molecule has 0 amide bonds. The summed E-state index contributed by atoms with van der Waals surface area (Å²) in [5, 5.41) is 9.48. The van der Waals surface area contributed by atoms with Gasteiger partial charge in [-0.3, -0.25) is 9.45 Å². The normalized spacial score (nSPS) is 13.3. The molecular weight excluding hydrogens is 274 g/mol. The van der Waals surface area contributed by atoms with Crippen LogP contribution in [-0.2, 0) is 19.6 Å². The Kier molecular flexibility index (Phi) is 7.84. The Hall–Kier alpha value is -0.960. The third kappa shape index (κ3) is 9.60. The lowest BCUT2D eigenvalue weighted by Crippen LogP contribution is -2.38. The fraction of sp³-hybridized carbons (Fsp3) is 0.727. The minimum Gasteiger partial charge on any atom is -0.461 e. The second-order valence-electron chi connectivity index (χ2n) is 4.21. The molecule has 0 aliphatic heterocycles. The van der Waals surface area contributed by atoms with E-state index < -0.39 is 27.9 Å². The maximum absolute atomic E-state index is 11.1. The molecule has 0 bridgehead atoms. The van der Waals surface area contributed by atoms with Crippen molar-refractivity contribution in [2.45, 2.75) is 20.0 Å². The highest BCUT2D eigenvalue weighted by molar-refractivity contribution is 7.85. The van der Waals surface area contributed by atoms with Crippen LogP contribution in [0.15, 0.2) is 12.2 Å². The highest BCUT2D eigenvalue weighted by Crippen LogP contribution is 1.98. The zero-order valence-corrected chi connectivity index (χ0v) is 12.0. The summed E-state index contributed by atoms with van der Waals surface area (Å²) in [5.74, 6) is -1.20. The predicted molar refractivity (Wildman–Crippen MR) is 70.3 cm³/mol. The Morgan fingerprint density at radius 1 is 1.47 bits per heavy atom. The van der Waals surface area contributed by atoms with Gasteiger partial charge >= 0.3 is 5.97 Å². The highest BCUT2D eigenvalue weighted by atomic mass is 32.2. The molecule has 0 rings (SSSR count). The fourth-order valence-corrected chi connectivity index (χ4v) is 1.95. The van der Waals surface area contributed by atoms with Crippen molar-refractivity contribution in [3.8, 4) is 0 Å². The minimum absolute atomic E-state index is 0.0703. The molecule has 0 radical (unpaired) electrons. The summed E-state index contributed by atoms with van der Waals surface area (Å²) in [6, 6.07) is 0. The first-order valence-electron chi connectivity index (χ1n) is 5.84. The van der Waals surface area contributed by atoms with Gasteiger partial charge in [-0.2, -0.15) is 8.42 Å². The Bertz CT molecular complexity index is 405. The van der Waals surface area contributed by atoms with Crippen LogP contribution in [0.3, 0.4) is 0 Å². The van der Waals surface area contributed by atoms with E-state index in [-0.39, 0.29) is 13.2 Å². The van der Waals surface area contributed by atoms with Gasteiger partial charge in [-0.05, 0) is 13.5 Å². The first kappa shape index (κ1) is 18.0. The number of carbonyl (C=O) groups is 1. The van der Waals surface area contributed by atoms with E-state index in [1.807, 2.05) is 6.92 Å². The van der Waals surface area contributed by atoms with Crippen LogP contribution >= 0.6 is 0 Å². The van der Waals surface area contributed by atoms with E-state index >= 15 is 0 Å². The molecular formula is C11H21NO6S. The van der Waals surface area contributed by atoms with Gasteiger partial charge in [-0.1, -0.05) is 13.5 Å². The third-order valence-corrected chi connectivity index (χ3v) is 3.11. The van der Waals surface area contributed by atoms with Gasteiger partial charge in [0.05, 0.1) is 6.10 Å². The number of esters is 1. The lowest BCUT2D eigenvalue weighted by atomic mass is 10.3. The summed E-state index contributed by atoms with van der Waals surface area (Å²) >= 11 is 0. The van der Waals surface area contributed by atoms with Crippen molar-refractivity contribution in [1.82, 2.24) is 4.90 Å². The average molecular weight is 295 g/mol. The van der Waals surface area contributed by atoms with Crippen molar-refractivity contribution in [3.05, 3.63) is 12.2 Å². The van der Waals surface area contributed by atoms with Gasteiger partial charge in [0.1, 0.15) is 12.4 Å². The van der Waals surface area contributed by atoms with E-state index in [1.54, 1.807) is 4.90 Å². The molecule has 0 aromatic rings. The number of rotatable bonds is 9. The first-order chi connectivity index (χ1) is 8.65. The van der Waals surface area contributed by atoms with Gasteiger partial charge in [0.25, 0.3) is 10.1 Å². The van der Waals surface area contributed by atoms with Crippen LogP contribution in [0.25, 0.3) is 0 Å². The molecule has 0 aliphatic rings. The Morgan fingerprint density at radius 2 is 2.05 bits per heavy atom. The summed E-state index contributed by atoms with van der Waals surface area (Å²) in [7, 11) is -4.20. The van der Waals surface area contributed by atoms with Crippen LogP contribution in [0.5, 0.6) is 0 Å². The molecule has 7 nitrogen and oxygen atoms in total. The molecule has 112 valence electrons. The number of hydrogen-bond donors (Lipinski definition) is 2. The van der Waals surface area contributed by atoms with Gasteiger partial charge in [-0.15, -0.1) is 0 Å². The first-order valence-corrected chi connectivity index (χ1v) is 7.44. The molecule has 0 heterocycles. The van der Waals surface area contributed by atoms with Crippen LogP contribution in [-0.4, -0.2) is 67.0 Å². The summed E-state index contributed by atoms with van der Waals surface area (Å²) in [5.41, 5.74) is 0.300. The van der Waals surface area contributed by atoms with Gasteiger partial charge < -0.3 is 9.84 Å². The van der Waals surface area contributed by atoms with Crippen molar-refractivity contribution in [1.29, 1.82) is 0 Å². The highest BCUT2D eigenvalue weighted by Gasteiger charge is 2.17. The molecule has 19 heavy (non-hydrogen) atoms. The lowest BCUT2D eigenvalue weighted by molar-refractivity contribution is -0.139. The monoisotopic (exact) mass is 295 g/mol. The number of ether oxygens (including phenoxy) is 1. The number of hydrogen-bond acceptors (Lipinski definition) is 6. The molecule has 0 aromatic carbocycles. The molecule has 0 saturated heterocycles. The number of aliphatic hydroxyl groups is 1. The summed E-state index contributed by atoms with van der Waals surface area (Å²) in [4.78, 5) is 12.8. The maximum atomic E-state index is 11.1. The maximum Gasteiger partial charge on any atom is 0.333 e. The number of aliphatic hydroxyl groups excluding tert-OH is 1. The largest absolute Gasteiger partial charge is 0.461 e. The molecule has 0 saturated carbocycles. The van der Waals surface area contributed by atoms with Crippen molar-refractivity contribution in [3.63, 3.8) is 0 Å². The van der Waals surface area contributed by atoms with Crippen LogP contribution in [0.4, 0.5) is 0 Å². The molecule has 0 fully saturated rings. The molecule has 1 atom stereocenters. The molecule has 2 N–H and O–H groups in total. The quantitative estimate of drug-likeness (QED) is 0.341. The standard InChI is InChI=1S/C11H21NO6S/c1-4-12(5-6-18-11(14)9(2)3)7-10(13)8-19(15,16)17/h10,13H,2,4-8H2,1,3H3,(H,15,16,17). The Labute approximate surface area is 113 Å². The second kappa shape index (κ2) is 8.26. The van der Waals surface area contributed by atoms with Crippen LogP contribution in [0.1, 0.15) is 13.8 Å². The van der Waals surface area contributed by atoms with Gasteiger partial charge in [0.15, 0.2) is 0 Å². The third-order valence-electron chi connectivity index (χ3n) is 2.31. The minimum atomic E-state index is -4.20. The number of carbonyl (C=O) groups excluding carboxylic acids is 1. The lowest BCUT2D eigenvalue weighted by Gasteiger charge is -2.22. The van der Waals surface area contributed by atoms with E-state index in [0.29, 0.717) is 18.7 Å². The van der Waals surface area contributed by atoms with E-state index in [0.717, 1.165) is 0 Å². The van der Waals surface area contributed by atoms with E-state index in [2.05, 4.69) is 6.58 Å². The molecule has 0 spiro atoms. The molecule has 0 aliphatic carbocycles. The fourth-order valence-electron chi connectivity index (χ4n) is 1.36. The molecule has 8 heteroatoms. The Balaban J connectivity index is 4.08. The van der Waals surface area contributed by atoms with Crippen LogP contribution in [0, 0.1) is 0 Å². The van der Waals surface area contributed by atoms with Gasteiger partial charge in [0, 0.05) is 18.7 Å². The van der Waals surface area contributed by atoms with Crippen molar-refractivity contribution < 1.29 is 27.6 Å². The smallest absolute Gasteiger partial charge is 0.333 e. The van der Waals surface area contributed by atoms with Gasteiger partial charge in [-0.25, -0.2) is 4.79 Å². The zero-order valence-electron chi connectivity index (χ0n) is 11.2. The second-order valence-corrected chi connectivity index (χ2v) is 5.71. The van der Waals surface area contributed by atoms with E-state index in [4.69, 9.17) is 9.29 Å². The topological polar surface area (TPSA) is 104 Å². The zero-order chi connectivity index (χ0) is 15.1. The summed E-state index contributed by atoms with van der Waals surface area (Å²) in [6.07, 6.45) is -1.19. The predicted octanol–water partition coefficient (Wildman–Crippen LogP) is -0.324. The number of likely N-dealkylation sites (N-methyl/N-ethyl adjacent to an activating group) is 1. The van der Waals surface area contributed by atoms with E-state index in [1.165, 1.54) is 6.92 Å². The van der Waals surface area contributed by atoms with Crippen LogP contribution in [0.2, 0.25) is 0 Å². The Morgan fingerprint density at radius 3 is 2.47 bits per heavy atom.